The second kappa shape index (κ2) is 6.63. The number of aromatic nitrogens is 1. The average Bonchev–Trinajstić information content (AvgIpc) is 3.31. The Hall–Kier alpha value is -3.74. The minimum atomic E-state index is -0.978. The number of benzene rings is 2. The van der Waals surface area contributed by atoms with Crippen LogP contribution < -0.4 is 23.8 Å². The van der Waals surface area contributed by atoms with Crippen molar-refractivity contribution in [3.8, 4) is 23.1 Å². The predicted molar refractivity (Wildman–Crippen MR) is 112 cm³/mol. The lowest BCUT2D eigenvalue weighted by molar-refractivity contribution is -0.122. The topological polar surface area (TPSA) is 70.1 Å². The standard InChI is InChI=1S/C24H20N2O5/c1-28-21-9-8-19-22(25-21)24(14-31-19)16-4-2-3-5-17(16)26(23(24)27)13-15-6-7-18-20(12-15)30-11-10-29-18/h2-9,12H,10-11,13-14H2,1H3. The van der Waals surface area contributed by atoms with Crippen LogP contribution in [0.25, 0.3) is 0 Å². The summed E-state index contributed by atoms with van der Waals surface area (Å²) in [6.45, 7) is 1.69. The van der Waals surface area contributed by atoms with Crippen molar-refractivity contribution in [1.82, 2.24) is 4.98 Å². The zero-order valence-corrected chi connectivity index (χ0v) is 17.0. The average molecular weight is 416 g/mol. The number of carbonyl (C=O) groups is 1. The molecule has 1 atom stereocenters. The predicted octanol–water partition coefficient (Wildman–Crippen LogP) is 3.09. The van der Waals surface area contributed by atoms with E-state index in [1.807, 2.05) is 48.5 Å². The molecule has 2 aromatic carbocycles. The molecule has 6 rings (SSSR count). The zero-order chi connectivity index (χ0) is 21.0. The fourth-order valence-corrected chi connectivity index (χ4v) is 4.64. The molecule has 1 aromatic heterocycles. The lowest BCUT2D eigenvalue weighted by atomic mass is 9.80. The third kappa shape index (κ3) is 2.52. The van der Waals surface area contributed by atoms with Gasteiger partial charge in [0.2, 0.25) is 11.8 Å². The van der Waals surface area contributed by atoms with Crippen LogP contribution in [0.3, 0.4) is 0 Å². The van der Waals surface area contributed by atoms with Crippen LogP contribution in [0.4, 0.5) is 5.69 Å². The Labute approximate surface area is 179 Å². The number of amides is 1. The molecule has 7 nitrogen and oxygen atoms in total. The van der Waals surface area contributed by atoms with Crippen LogP contribution in [0.15, 0.2) is 54.6 Å². The molecule has 3 aliphatic rings. The van der Waals surface area contributed by atoms with Gasteiger partial charge < -0.3 is 23.8 Å². The van der Waals surface area contributed by atoms with Gasteiger partial charge in [-0.15, -0.1) is 0 Å². The van der Waals surface area contributed by atoms with Gasteiger partial charge in [-0.3, -0.25) is 4.79 Å². The molecule has 7 heteroatoms. The van der Waals surface area contributed by atoms with Crippen LogP contribution in [-0.4, -0.2) is 37.8 Å². The summed E-state index contributed by atoms with van der Waals surface area (Å²) in [6.07, 6.45) is 0. The second-order valence-electron chi connectivity index (χ2n) is 7.78. The second-order valence-corrected chi connectivity index (χ2v) is 7.78. The van der Waals surface area contributed by atoms with Gasteiger partial charge in [0, 0.05) is 17.3 Å². The number of anilines is 1. The van der Waals surface area contributed by atoms with Crippen molar-refractivity contribution in [2.24, 2.45) is 0 Å². The Morgan fingerprint density at radius 1 is 1.00 bits per heavy atom. The van der Waals surface area contributed by atoms with E-state index in [1.54, 1.807) is 18.1 Å². The fourth-order valence-electron chi connectivity index (χ4n) is 4.64. The molecule has 4 heterocycles. The van der Waals surface area contributed by atoms with Gasteiger partial charge in [-0.05, 0) is 29.8 Å². The third-order valence-corrected chi connectivity index (χ3v) is 6.10. The SMILES string of the molecule is COc1ccc2c(n1)C1(CO2)C(=O)N(Cc2ccc3c(c2)OCCO3)c2ccccc21. The molecule has 1 amide bonds. The van der Waals surface area contributed by atoms with Gasteiger partial charge in [0.25, 0.3) is 0 Å². The first kappa shape index (κ1) is 18.1. The van der Waals surface area contributed by atoms with E-state index in [0.29, 0.717) is 42.8 Å². The van der Waals surface area contributed by atoms with Crippen LogP contribution in [0.1, 0.15) is 16.8 Å². The Kier molecular flexibility index (Phi) is 3.86. The number of rotatable bonds is 3. The molecule has 3 aromatic rings. The Bertz CT molecular complexity index is 1210. The van der Waals surface area contributed by atoms with Gasteiger partial charge in [0.15, 0.2) is 16.9 Å². The lowest BCUT2D eigenvalue weighted by Crippen LogP contribution is -2.42. The highest BCUT2D eigenvalue weighted by Crippen LogP contribution is 2.52. The molecule has 1 spiro atoms. The van der Waals surface area contributed by atoms with E-state index in [0.717, 1.165) is 22.6 Å². The normalized spacial score (nSPS) is 20.4. The number of pyridine rings is 1. The number of nitrogens with zero attached hydrogens (tertiary/aromatic N) is 2. The quantitative estimate of drug-likeness (QED) is 0.654. The zero-order valence-electron chi connectivity index (χ0n) is 17.0. The molecule has 31 heavy (non-hydrogen) atoms. The minimum Gasteiger partial charge on any atom is -0.490 e. The number of methoxy groups -OCH3 is 1. The van der Waals surface area contributed by atoms with Crippen molar-refractivity contribution >= 4 is 11.6 Å². The molecule has 0 fully saturated rings. The molecule has 0 aliphatic carbocycles. The summed E-state index contributed by atoms with van der Waals surface area (Å²) >= 11 is 0. The van der Waals surface area contributed by atoms with E-state index >= 15 is 0 Å². The van der Waals surface area contributed by atoms with Crippen molar-refractivity contribution in [3.63, 3.8) is 0 Å². The van der Waals surface area contributed by atoms with Gasteiger partial charge >= 0.3 is 0 Å². The number of ether oxygens (including phenoxy) is 4. The first-order valence-electron chi connectivity index (χ1n) is 10.2. The molecular formula is C24H20N2O5. The van der Waals surface area contributed by atoms with Gasteiger partial charge in [0.05, 0.1) is 13.7 Å². The van der Waals surface area contributed by atoms with Crippen LogP contribution in [-0.2, 0) is 16.8 Å². The summed E-state index contributed by atoms with van der Waals surface area (Å²) in [7, 11) is 1.57. The number of carbonyl (C=O) groups excluding carboxylic acids is 1. The monoisotopic (exact) mass is 416 g/mol. The maximum atomic E-state index is 14.0. The summed E-state index contributed by atoms with van der Waals surface area (Å²) in [6, 6.07) is 17.2. The largest absolute Gasteiger partial charge is 0.490 e. The van der Waals surface area contributed by atoms with E-state index in [-0.39, 0.29) is 12.5 Å². The van der Waals surface area contributed by atoms with E-state index in [9.17, 15) is 4.79 Å². The molecule has 0 radical (unpaired) electrons. The minimum absolute atomic E-state index is 0.0527. The Morgan fingerprint density at radius 2 is 1.81 bits per heavy atom. The Morgan fingerprint density at radius 3 is 2.68 bits per heavy atom. The first-order chi connectivity index (χ1) is 15.2. The van der Waals surface area contributed by atoms with Crippen molar-refractivity contribution in [3.05, 3.63) is 71.4 Å². The highest BCUT2D eigenvalue weighted by atomic mass is 16.6. The van der Waals surface area contributed by atoms with Crippen molar-refractivity contribution in [1.29, 1.82) is 0 Å². The maximum absolute atomic E-state index is 14.0. The van der Waals surface area contributed by atoms with Crippen LogP contribution in [0.5, 0.6) is 23.1 Å². The lowest BCUT2D eigenvalue weighted by Gasteiger charge is -2.23. The van der Waals surface area contributed by atoms with Gasteiger partial charge in [0.1, 0.15) is 31.3 Å². The highest BCUT2D eigenvalue weighted by molar-refractivity contribution is 6.11. The smallest absolute Gasteiger partial charge is 0.247 e. The van der Waals surface area contributed by atoms with E-state index in [2.05, 4.69) is 4.98 Å². The summed E-state index contributed by atoms with van der Waals surface area (Å²) in [5.41, 5.74) is 2.35. The maximum Gasteiger partial charge on any atom is 0.247 e. The molecule has 0 saturated carbocycles. The van der Waals surface area contributed by atoms with Crippen LogP contribution >= 0.6 is 0 Å². The summed E-state index contributed by atoms with van der Waals surface area (Å²) in [5, 5.41) is 0. The fraction of sp³-hybridized carbons (Fsp3) is 0.250. The molecule has 1 unspecified atom stereocenters. The van der Waals surface area contributed by atoms with Crippen molar-refractivity contribution in [2.45, 2.75) is 12.0 Å². The molecular weight excluding hydrogens is 396 g/mol. The Balaban J connectivity index is 1.44. The van der Waals surface area contributed by atoms with Crippen LogP contribution in [0, 0.1) is 0 Å². The van der Waals surface area contributed by atoms with Crippen molar-refractivity contribution < 1.29 is 23.7 Å². The van der Waals surface area contributed by atoms with Gasteiger partial charge in [-0.2, -0.15) is 0 Å². The number of hydrogen-bond acceptors (Lipinski definition) is 6. The molecule has 0 bridgehead atoms. The molecule has 0 N–H and O–H groups in total. The van der Waals surface area contributed by atoms with Gasteiger partial charge in [-0.1, -0.05) is 24.3 Å². The molecule has 156 valence electrons. The number of fused-ring (bicyclic) bond motifs is 5. The summed E-state index contributed by atoms with van der Waals surface area (Å²) in [5.74, 6) is 2.46. The van der Waals surface area contributed by atoms with Crippen LogP contribution in [0.2, 0.25) is 0 Å². The van der Waals surface area contributed by atoms with Gasteiger partial charge in [-0.25, -0.2) is 4.98 Å². The summed E-state index contributed by atoms with van der Waals surface area (Å²) in [4.78, 5) is 20.4. The third-order valence-electron chi connectivity index (χ3n) is 6.10. The summed E-state index contributed by atoms with van der Waals surface area (Å²) < 4.78 is 22.6. The number of para-hydroxylation sites is 1. The number of hydrogen-bond donors (Lipinski definition) is 0. The molecule has 0 saturated heterocycles. The van der Waals surface area contributed by atoms with Crippen molar-refractivity contribution in [2.75, 3.05) is 31.8 Å². The molecule has 3 aliphatic heterocycles. The van der Waals surface area contributed by atoms with E-state index in [1.165, 1.54) is 0 Å². The van der Waals surface area contributed by atoms with E-state index in [4.69, 9.17) is 18.9 Å². The van der Waals surface area contributed by atoms with E-state index < -0.39 is 5.41 Å². The first-order valence-corrected chi connectivity index (χ1v) is 10.2. The highest BCUT2D eigenvalue weighted by Gasteiger charge is 2.58.